The SMILES string of the molecule is C=CCC(C)NCc1c(O)ccc2ccccc12. The first-order valence-electron chi connectivity index (χ1n) is 6.26. The van der Waals surface area contributed by atoms with Crippen molar-refractivity contribution in [1.82, 2.24) is 5.32 Å². The molecule has 0 heterocycles. The van der Waals surface area contributed by atoms with Gasteiger partial charge in [0.1, 0.15) is 5.75 Å². The summed E-state index contributed by atoms with van der Waals surface area (Å²) in [6.45, 7) is 6.52. The van der Waals surface area contributed by atoms with Crippen molar-refractivity contribution in [2.24, 2.45) is 0 Å². The van der Waals surface area contributed by atoms with Crippen LogP contribution in [0.1, 0.15) is 18.9 Å². The summed E-state index contributed by atoms with van der Waals surface area (Å²) in [5.41, 5.74) is 0.962. The molecule has 0 aromatic heterocycles. The molecule has 0 amide bonds. The topological polar surface area (TPSA) is 32.3 Å². The van der Waals surface area contributed by atoms with E-state index in [0.29, 0.717) is 18.3 Å². The molecule has 0 fully saturated rings. The molecule has 0 saturated heterocycles. The minimum atomic E-state index is 0.354. The molecule has 2 rings (SSSR count). The predicted molar refractivity (Wildman–Crippen MR) is 76.7 cm³/mol. The second-order valence-corrected chi connectivity index (χ2v) is 4.59. The minimum absolute atomic E-state index is 0.354. The largest absolute Gasteiger partial charge is 0.508 e. The van der Waals surface area contributed by atoms with Crippen LogP contribution in [0.2, 0.25) is 0 Å². The van der Waals surface area contributed by atoms with Crippen LogP contribution >= 0.6 is 0 Å². The standard InChI is InChI=1S/C16H19NO/c1-3-6-12(2)17-11-15-14-8-5-4-7-13(14)9-10-16(15)18/h3-5,7-10,12,17-18H,1,6,11H2,2H3. The highest BCUT2D eigenvalue weighted by atomic mass is 16.3. The molecule has 2 nitrogen and oxygen atoms in total. The van der Waals surface area contributed by atoms with Crippen LogP contribution in [0.25, 0.3) is 10.8 Å². The van der Waals surface area contributed by atoms with Crippen LogP contribution in [0.4, 0.5) is 0 Å². The summed E-state index contributed by atoms with van der Waals surface area (Å²) >= 11 is 0. The number of phenols is 1. The van der Waals surface area contributed by atoms with Crippen LogP contribution in [-0.2, 0) is 6.54 Å². The van der Waals surface area contributed by atoms with Crippen molar-refractivity contribution in [3.63, 3.8) is 0 Å². The van der Waals surface area contributed by atoms with Gasteiger partial charge in [-0.25, -0.2) is 0 Å². The van der Waals surface area contributed by atoms with Crippen molar-refractivity contribution in [2.75, 3.05) is 0 Å². The van der Waals surface area contributed by atoms with E-state index in [1.165, 1.54) is 0 Å². The van der Waals surface area contributed by atoms with Gasteiger partial charge in [-0.05, 0) is 30.2 Å². The van der Waals surface area contributed by atoms with Crippen LogP contribution in [0.15, 0.2) is 49.1 Å². The Bertz CT molecular complexity index is 548. The molecule has 18 heavy (non-hydrogen) atoms. The van der Waals surface area contributed by atoms with E-state index in [1.54, 1.807) is 6.07 Å². The molecule has 0 saturated carbocycles. The quantitative estimate of drug-likeness (QED) is 0.784. The van der Waals surface area contributed by atoms with Gasteiger partial charge in [0.25, 0.3) is 0 Å². The smallest absolute Gasteiger partial charge is 0.120 e. The first kappa shape index (κ1) is 12.7. The Labute approximate surface area is 108 Å². The van der Waals surface area contributed by atoms with Gasteiger partial charge in [0.15, 0.2) is 0 Å². The Hall–Kier alpha value is -1.80. The summed E-state index contributed by atoms with van der Waals surface area (Å²) in [4.78, 5) is 0. The van der Waals surface area contributed by atoms with Gasteiger partial charge in [0.05, 0.1) is 0 Å². The second-order valence-electron chi connectivity index (χ2n) is 4.59. The van der Waals surface area contributed by atoms with Gasteiger partial charge >= 0.3 is 0 Å². The maximum atomic E-state index is 9.99. The van der Waals surface area contributed by atoms with Crippen molar-refractivity contribution in [3.8, 4) is 5.75 Å². The normalized spacial score (nSPS) is 12.5. The van der Waals surface area contributed by atoms with Crippen LogP contribution in [0, 0.1) is 0 Å². The summed E-state index contributed by atoms with van der Waals surface area (Å²) in [5, 5.41) is 15.7. The van der Waals surface area contributed by atoms with Gasteiger partial charge in [0.2, 0.25) is 0 Å². The average molecular weight is 241 g/mol. The predicted octanol–water partition coefficient (Wildman–Crippen LogP) is 3.60. The molecule has 0 aliphatic carbocycles. The van der Waals surface area contributed by atoms with Crippen LogP contribution in [0.5, 0.6) is 5.75 Å². The molecular formula is C16H19NO. The number of fused-ring (bicyclic) bond motifs is 1. The molecule has 0 aliphatic rings. The molecule has 2 heteroatoms. The fourth-order valence-corrected chi connectivity index (χ4v) is 2.12. The fourth-order valence-electron chi connectivity index (χ4n) is 2.12. The van der Waals surface area contributed by atoms with E-state index in [2.05, 4.69) is 24.9 Å². The number of nitrogens with one attached hydrogen (secondary N) is 1. The summed E-state index contributed by atoms with van der Waals surface area (Å²) in [6, 6.07) is 12.2. The van der Waals surface area contributed by atoms with E-state index < -0.39 is 0 Å². The minimum Gasteiger partial charge on any atom is -0.508 e. The summed E-state index contributed by atoms with van der Waals surface area (Å²) < 4.78 is 0. The lowest BCUT2D eigenvalue weighted by atomic mass is 10.0. The van der Waals surface area contributed by atoms with Crippen molar-refractivity contribution in [3.05, 3.63) is 54.6 Å². The van der Waals surface area contributed by atoms with Gasteiger partial charge in [-0.2, -0.15) is 0 Å². The zero-order valence-electron chi connectivity index (χ0n) is 10.7. The monoisotopic (exact) mass is 241 g/mol. The molecule has 2 aromatic rings. The number of rotatable bonds is 5. The second kappa shape index (κ2) is 5.69. The van der Waals surface area contributed by atoms with Gasteiger partial charge in [-0.15, -0.1) is 6.58 Å². The maximum absolute atomic E-state index is 9.99. The van der Waals surface area contributed by atoms with Crippen molar-refractivity contribution < 1.29 is 5.11 Å². The summed E-state index contributed by atoms with van der Waals surface area (Å²) in [5.74, 6) is 0.354. The third-order valence-corrected chi connectivity index (χ3v) is 3.16. The third kappa shape index (κ3) is 2.71. The highest BCUT2D eigenvalue weighted by molar-refractivity contribution is 5.87. The lowest BCUT2D eigenvalue weighted by Gasteiger charge is -2.14. The number of phenolic OH excluding ortho intramolecular Hbond substituents is 1. The van der Waals surface area contributed by atoms with Crippen molar-refractivity contribution >= 4 is 10.8 Å². The maximum Gasteiger partial charge on any atom is 0.120 e. The van der Waals surface area contributed by atoms with Crippen molar-refractivity contribution in [2.45, 2.75) is 25.9 Å². The van der Waals surface area contributed by atoms with Crippen molar-refractivity contribution in [1.29, 1.82) is 0 Å². The van der Waals surface area contributed by atoms with Gasteiger partial charge < -0.3 is 10.4 Å². The van der Waals surface area contributed by atoms with Crippen LogP contribution < -0.4 is 5.32 Å². The fraction of sp³-hybridized carbons (Fsp3) is 0.250. The van der Waals surface area contributed by atoms with Crippen LogP contribution in [0.3, 0.4) is 0 Å². The highest BCUT2D eigenvalue weighted by Gasteiger charge is 2.07. The van der Waals surface area contributed by atoms with Gasteiger partial charge in [0, 0.05) is 18.2 Å². The van der Waals surface area contributed by atoms with E-state index in [9.17, 15) is 5.11 Å². The van der Waals surface area contributed by atoms with E-state index in [1.807, 2.05) is 30.3 Å². The van der Waals surface area contributed by atoms with E-state index in [4.69, 9.17) is 0 Å². The van der Waals surface area contributed by atoms with Crippen LogP contribution in [-0.4, -0.2) is 11.1 Å². The molecule has 1 atom stereocenters. The zero-order valence-corrected chi connectivity index (χ0v) is 10.7. The Morgan fingerprint density at radius 2 is 2.06 bits per heavy atom. The number of hydrogen-bond donors (Lipinski definition) is 2. The summed E-state index contributed by atoms with van der Waals surface area (Å²) in [7, 11) is 0. The Kier molecular flexibility index (Phi) is 4.00. The first-order valence-corrected chi connectivity index (χ1v) is 6.26. The molecular weight excluding hydrogens is 222 g/mol. The molecule has 0 spiro atoms. The molecule has 0 aliphatic heterocycles. The molecule has 94 valence electrons. The number of aromatic hydroxyl groups is 1. The molecule has 0 bridgehead atoms. The van der Waals surface area contributed by atoms with E-state index in [0.717, 1.165) is 22.8 Å². The molecule has 0 radical (unpaired) electrons. The molecule has 1 unspecified atom stereocenters. The number of hydrogen-bond acceptors (Lipinski definition) is 2. The lowest BCUT2D eigenvalue weighted by molar-refractivity contribution is 0.461. The van der Waals surface area contributed by atoms with Gasteiger partial charge in [-0.3, -0.25) is 0 Å². The zero-order chi connectivity index (χ0) is 13.0. The Morgan fingerprint density at radius 1 is 1.28 bits per heavy atom. The Balaban J connectivity index is 2.26. The Morgan fingerprint density at radius 3 is 2.83 bits per heavy atom. The number of benzene rings is 2. The first-order chi connectivity index (χ1) is 8.72. The summed E-state index contributed by atoms with van der Waals surface area (Å²) in [6.07, 6.45) is 2.83. The lowest BCUT2D eigenvalue weighted by Crippen LogP contribution is -2.24. The third-order valence-electron chi connectivity index (χ3n) is 3.16. The highest BCUT2D eigenvalue weighted by Crippen LogP contribution is 2.26. The average Bonchev–Trinajstić information content (AvgIpc) is 2.38. The molecule has 2 aromatic carbocycles. The molecule has 2 N–H and O–H groups in total. The van der Waals surface area contributed by atoms with E-state index >= 15 is 0 Å². The van der Waals surface area contributed by atoms with Gasteiger partial charge in [-0.1, -0.05) is 36.4 Å². The van der Waals surface area contributed by atoms with E-state index in [-0.39, 0.29) is 0 Å².